The quantitative estimate of drug-likeness (QED) is 0.629. The highest BCUT2D eigenvalue weighted by molar-refractivity contribution is 5.87. The van der Waals surface area contributed by atoms with E-state index in [-0.39, 0.29) is 36.4 Å². The van der Waals surface area contributed by atoms with Crippen molar-refractivity contribution >= 4 is 11.8 Å². The van der Waals surface area contributed by atoms with Crippen molar-refractivity contribution in [3.8, 4) is 0 Å². The van der Waals surface area contributed by atoms with Gasteiger partial charge >= 0.3 is 0 Å². The second-order valence-electron chi connectivity index (χ2n) is 9.05. The number of amides is 2. The van der Waals surface area contributed by atoms with Crippen LogP contribution in [-0.4, -0.2) is 44.8 Å². The molecule has 5 nitrogen and oxygen atoms in total. The number of nitrogens with zero attached hydrogens (tertiary/aromatic N) is 3. The molecular formula is C25H33N3O2. The zero-order valence-corrected chi connectivity index (χ0v) is 18.2. The SMILES string of the molecule is CC(C)N(Cc1cccn1Cc1ccccc1)C(=O)CN(C(=O)C1CCC1)C1CC1. The number of hydrogen-bond donors (Lipinski definition) is 0. The fourth-order valence-corrected chi connectivity index (χ4v) is 4.16. The Labute approximate surface area is 179 Å². The summed E-state index contributed by atoms with van der Waals surface area (Å²) < 4.78 is 2.20. The molecule has 0 radical (unpaired) electrons. The third-order valence-electron chi connectivity index (χ3n) is 6.43. The van der Waals surface area contributed by atoms with Crippen LogP contribution in [-0.2, 0) is 22.7 Å². The molecule has 160 valence electrons. The standard InChI is InChI=1S/C25H33N3O2/c1-19(2)27(17-23-12-7-15-26(23)16-20-8-4-3-5-9-20)24(29)18-28(22-13-14-22)25(30)21-10-6-11-21/h3-5,7-9,12,15,19,21-22H,6,10-11,13-14,16-18H2,1-2H3. The summed E-state index contributed by atoms with van der Waals surface area (Å²) in [5.41, 5.74) is 2.35. The van der Waals surface area contributed by atoms with E-state index >= 15 is 0 Å². The molecule has 2 aliphatic rings. The monoisotopic (exact) mass is 407 g/mol. The van der Waals surface area contributed by atoms with Crippen LogP contribution in [0.3, 0.4) is 0 Å². The van der Waals surface area contributed by atoms with Crippen LogP contribution in [0.15, 0.2) is 48.7 Å². The number of benzene rings is 1. The fourth-order valence-electron chi connectivity index (χ4n) is 4.16. The summed E-state index contributed by atoms with van der Waals surface area (Å²) >= 11 is 0. The zero-order valence-electron chi connectivity index (χ0n) is 18.2. The molecule has 0 aliphatic heterocycles. The van der Waals surface area contributed by atoms with E-state index in [9.17, 15) is 9.59 Å². The molecule has 2 aromatic rings. The smallest absolute Gasteiger partial charge is 0.242 e. The van der Waals surface area contributed by atoms with E-state index in [0.717, 1.165) is 44.3 Å². The van der Waals surface area contributed by atoms with E-state index in [2.05, 4.69) is 42.8 Å². The van der Waals surface area contributed by atoms with Crippen molar-refractivity contribution in [2.45, 2.75) is 71.1 Å². The number of carbonyl (C=O) groups excluding carboxylic acids is 2. The molecule has 5 heteroatoms. The largest absolute Gasteiger partial charge is 0.345 e. The summed E-state index contributed by atoms with van der Waals surface area (Å²) in [5.74, 6) is 0.402. The highest BCUT2D eigenvalue weighted by Crippen LogP contribution is 2.34. The Morgan fingerprint density at radius 2 is 1.77 bits per heavy atom. The van der Waals surface area contributed by atoms with Crippen LogP contribution < -0.4 is 0 Å². The fraction of sp³-hybridized carbons (Fsp3) is 0.520. The van der Waals surface area contributed by atoms with Gasteiger partial charge in [-0.3, -0.25) is 9.59 Å². The number of carbonyl (C=O) groups is 2. The maximum Gasteiger partial charge on any atom is 0.242 e. The van der Waals surface area contributed by atoms with Crippen LogP contribution in [0.2, 0.25) is 0 Å². The average Bonchev–Trinajstić information content (AvgIpc) is 3.43. The molecule has 2 aliphatic carbocycles. The van der Waals surface area contributed by atoms with Gasteiger partial charge in [-0.05, 0) is 57.2 Å². The lowest BCUT2D eigenvalue weighted by molar-refractivity contribution is -0.146. The molecular weight excluding hydrogens is 374 g/mol. The molecule has 0 atom stereocenters. The van der Waals surface area contributed by atoms with Crippen molar-refractivity contribution in [3.63, 3.8) is 0 Å². The molecule has 0 N–H and O–H groups in total. The minimum Gasteiger partial charge on any atom is -0.345 e. The lowest BCUT2D eigenvalue weighted by Crippen LogP contribution is -2.48. The van der Waals surface area contributed by atoms with Gasteiger partial charge in [0.05, 0.1) is 6.54 Å². The average molecular weight is 408 g/mol. The predicted octanol–water partition coefficient (Wildman–Crippen LogP) is 4.06. The van der Waals surface area contributed by atoms with Gasteiger partial charge in [-0.25, -0.2) is 0 Å². The molecule has 2 amide bonds. The van der Waals surface area contributed by atoms with Crippen molar-refractivity contribution < 1.29 is 9.59 Å². The molecule has 30 heavy (non-hydrogen) atoms. The van der Waals surface area contributed by atoms with Gasteiger partial charge in [0.2, 0.25) is 11.8 Å². The van der Waals surface area contributed by atoms with E-state index in [1.54, 1.807) is 0 Å². The summed E-state index contributed by atoms with van der Waals surface area (Å²) in [6.45, 7) is 5.68. The highest BCUT2D eigenvalue weighted by atomic mass is 16.2. The lowest BCUT2D eigenvalue weighted by atomic mass is 9.84. The van der Waals surface area contributed by atoms with Gasteiger partial charge in [-0.2, -0.15) is 0 Å². The number of hydrogen-bond acceptors (Lipinski definition) is 2. The van der Waals surface area contributed by atoms with Crippen LogP contribution >= 0.6 is 0 Å². The van der Waals surface area contributed by atoms with Crippen LogP contribution in [0.25, 0.3) is 0 Å². The molecule has 2 fully saturated rings. The Morgan fingerprint density at radius 1 is 1.03 bits per heavy atom. The van der Waals surface area contributed by atoms with E-state index in [0.29, 0.717) is 6.54 Å². The third-order valence-corrected chi connectivity index (χ3v) is 6.43. The maximum atomic E-state index is 13.3. The van der Waals surface area contributed by atoms with Crippen LogP contribution in [0.5, 0.6) is 0 Å². The minimum absolute atomic E-state index is 0.0528. The normalized spacial score (nSPS) is 16.4. The lowest BCUT2D eigenvalue weighted by Gasteiger charge is -2.34. The molecule has 2 saturated carbocycles. The van der Waals surface area contributed by atoms with Crippen LogP contribution in [0.1, 0.15) is 57.2 Å². The molecule has 4 rings (SSSR count). The molecule has 0 bridgehead atoms. The van der Waals surface area contributed by atoms with Gasteiger partial charge in [0.25, 0.3) is 0 Å². The van der Waals surface area contributed by atoms with E-state index in [1.165, 1.54) is 5.56 Å². The van der Waals surface area contributed by atoms with E-state index in [4.69, 9.17) is 0 Å². The molecule has 0 unspecified atom stereocenters. The maximum absolute atomic E-state index is 13.3. The van der Waals surface area contributed by atoms with Gasteiger partial charge in [0.15, 0.2) is 0 Å². The molecule has 1 aromatic heterocycles. The second-order valence-corrected chi connectivity index (χ2v) is 9.05. The molecule has 0 spiro atoms. The first-order chi connectivity index (χ1) is 14.5. The summed E-state index contributed by atoms with van der Waals surface area (Å²) in [4.78, 5) is 29.9. The first-order valence-corrected chi connectivity index (χ1v) is 11.3. The Kier molecular flexibility index (Phi) is 6.26. The molecule has 1 heterocycles. The minimum atomic E-state index is 0.0528. The third kappa shape index (κ3) is 4.77. The van der Waals surface area contributed by atoms with Gasteiger partial charge < -0.3 is 14.4 Å². The molecule has 0 saturated heterocycles. The van der Waals surface area contributed by atoms with Crippen molar-refractivity contribution in [3.05, 3.63) is 59.9 Å². The Bertz CT molecular complexity index is 866. The molecule has 1 aromatic carbocycles. The second kappa shape index (κ2) is 9.07. The first kappa shape index (κ1) is 20.7. The predicted molar refractivity (Wildman–Crippen MR) is 118 cm³/mol. The Balaban J connectivity index is 1.44. The zero-order chi connectivity index (χ0) is 21.1. The topological polar surface area (TPSA) is 45.6 Å². The Morgan fingerprint density at radius 3 is 2.37 bits per heavy atom. The van der Waals surface area contributed by atoms with Crippen molar-refractivity contribution in [2.24, 2.45) is 5.92 Å². The number of aromatic nitrogens is 1. The van der Waals surface area contributed by atoms with E-state index < -0.39 is 0 Å². The van der Waals surface area contributed by atoms with Gasteiger partial charge in [-0.1, -0.05) is 36.8 Å². The van der Waals surface area contributed by atoms with Crippen LogP contribution in [0.4, 0.5) is 0 Å². The first-order valence-electron chi connectivity index (χ1n) is 11.3. The van der Waals surface area contributed by atoms with E-state index in [1.807, 2.05) is 34.1 Å². The highest BCUT2D eigenvalue weighted by Gasteiger charge is 2.39. The number of rotatable bonds is 9. The van der Waals surface area contributed by atoms with Crippen LogP contribution in [0, 0.1) is 5.92 Å². The van der Waals surface area contributed by atoms with Crippen molar-refractivity contribution in [1.82, 2.24) is 14.4 Å². The Hall–Kier alpha value is -2.56. The van der Waals surface area contributed by atoms with Gasteiger partial charge in [0.1, 0.15) is 6.54 Å². The van der Waals surface area contributed by atoms with Crippen molar-refractivity contribution in [1.29, 1.82) is 0 Å². The summed E-state index contributed by atoms with van der Waals surface area (Å²) in [6, 6.07) is 14.8. The summed E-state index contributed by atoms with van der Waals surface area (Å²) in [6.07, 6.45) is 7.25. The van der Waals surface area contributed by atoms with Crippen molar-refractivity contribution in [2.75, 3.05) is 6.54 Å². The summed E-state index contributed by atoms with van der Waals surface area (Å²) in [5, 5.41) is 0. The van der Waals surface area contributed by atoms with Gasteiger partial charge in [-0.15, -0.1) is 0 Å². The summed E-state index contributed by atoms with van der Waals surface area (Å²) in [7, 11) is 0. The van der Waals surface area contributed by atoms with Gasteiger partial charge in [0, 0.05) is 36.4 Å².